The van der Waals surface area contributed by atoms with Crippen LogP contribution in [0.2, 0.25) is 0 Å². The lowest BCUT2D eigenvalue weighted by Crippen LogP contribution is -2.28. The van der Waals surface area contributed by atoms with Crippen molar-refractivity contribution in [2.75, 3.05) is 6.61 Å². The fourth-order valence-electron chi connectivity index (χ4n) is 4.14. The highest BCUT2D eigenvalue weighted by molar-refractivity contribution is 7.10. The van der Waals surface area contributed by atoms with Crippen molar-refractivity contribution in [3.05, 3.63) is 80.9 Å². The fraction of sp³-hybridized carbons (Fsp3) is 0.308. The number of aliphatic hydroxyl groups is 1. The van der Waals surface area contributed by atoms with Crippen LogP contribution in [0.25, 0.3) is 5.76 Å². The molecule has 0 spiro atoms. The number of nitrogens with zero attached hydrogens (tertiary/aromatic N) is 1. The molecule has 0 saturated carbocycles. The number of aryl methyl sites for hydroxylation is 1. The van der Waals surface area contributed by atoms with E-state index in [4.69, 9.17) is 9.15 Å². The first-order valence-electron chi connectivity index (χ1n) is 10.9. The number of thiophene rings is 1. The van der Waals surface area contributed by atoms with E-state index >= 15 is 0 Å². The van der Waals surface area contributed by atoms with Crippen LogP contribution in [-0.4, -0.2) is 28.3 Å². The van der Waals surface area contributed by atoms with Crippen LogP contribution in [0, 0.1) is 6.92 Å². The van der Waals surface area contributed by atoms with Gasteiger partial charge in [-0.1, -0.05) is 13.8 Å². The number of amides is 1. The Morgan fingerprint density at radius 2 is 2.03 bits per heavy atom. The summed E-state index contributed by atoms with van der Waals surface area (Å²) in [6.45, 7) is 8.60. The SMILES string of the molecule is CCOc1ccc(/C(O)=C2/C(=O)C(=O)N(Cc3ccco3)C2c2sccc2C)cc1C(C)C. The summed E-state index contributed by atoms with van der Waals surface area (Å²) in [6.07, 6.45) is 1.53. The number of furan rings is 1. The van der Waals surface area contributed by atoms with Gasteiger partial charge >= 0.3 is 0 Å². The van der Waals surface area contributed by atoms with E-state index in [0.717, 1.165) is 21.8 Å². The van der Waals surface area contributed by atoms with Gasteiger partial charge in [0.05, 0.1) is 25.0 Å². The number of Topliss-reactive ketones (excluding diaryl/α,β-unsaturated/α-hetero) is 1. The average molecular weight is 466 g/mol. The molecule has 2 aromatic heterocycles. The number of ketones is 1. The molecule has 33 heavy (non-hydrogen) atoms. The molecule has 0 aliphatic carbocycles. The largest absolute Gasteiger partial charge is 0.507 e. The number of likely N-dealkylation sites (tertiary alicyclic amines) is 1. The van der Waals surface area contributed by atoms with E-state index in [2.05, 4.69) is 0 Å². The molecule has 6 nitrogen and oxygen atoms in total. The van der Waals surface area contributed by atoms with Gasteiger partial charge in [0.25, 0.3) is 11.7 Å². The van der Waals surface area contributed by atoms with Crippen molar-refractivity contribution in [3.8, 4) is 5.75 Å². The van der Waals surface area contributed by atoms with Gasteiger partial charge in [-0.3, -0.25) is 9.59 Å². The highest BCUT2D eigenvalue weighted by Gasteiger charge is 2.47. The summed E-state index contributed by atoms with van der Waals surface area (Å²) in [5.41, 5.74) is 2.46. The predicted octanol–water partition coefficient (Wildman–Crippen LogP) is 5.79. The van der Waals surface area contributed by atoms with Gasteiger partial charge in [0.15, 0.2) is 0 Å². The van der Waals surface area contributed by atoms with Crippen LogP contribution in [-0.2, 0) is 16.1 Å². The minimum Gasteiger partial charge on any atom is -0.507 e. The number of hydrogen-bond donors (Lipinski definition) is 1. The van der Waals surface area contributed by atoms with Gasteiger partial charge in [0.2, 0.25) is 0 Å². The van der Waals surface area contributed by atoms with Crippen LogP contribution in [0.4, 0.5) is 0 Å². The van der Waals surface area contributed by atoms with Crippen molar-refractivity contribution in [3.63, 3.8) is 0 Å². The molecule has 0 radical (unpaired) electrons. The standard InChI is InChI=1S/C26H27NO5S/c1-5-31-20-9-8-17(13-19(20)15(2)3)23(28)21-22(25-16(4)10-12-33-25)27(26(30)24(21)29)14-18-7-6-11-32-18/h6-13,15,22,28H,5,14H2,1-4H3/b23-21-. The minimum absolute atomic E-state index is 0.0935. The summed E-state index contributed by atoms with van der Waals surface area (Å²) in [4.78, 5) is 28.6. The first-order chi connectivity index (χ1) is 15.8. The van der Waals surface area contributed by atoms with E-state index in [1.807, 2.05) is 45.2 Å². The summed E-state index contributed by atoms with van der Waals surface area (Å²) in [5, 5.41) is 13.3. The van der Waals surface area contributed by atoms with Crippen molar-refractivity contribution in [1.29, 1.82) is 0 Å². The fourth-order valence-corrected chi connectivity index (χ4v) is 5.19. The highest BCUT2D eigenvalue weighted by atomic mass is 32.1. The lowest BCUT2D eigenvalue weighted by molar-refractivity contribution is -0.140. The Labute approximate surface area is 197 Å². The van der Waals surface area contributed by atoms with Gasteiger partial charge in [0, 0.05) is 10.4 Å². The van der Waals surface area contributed by atoms with Crippen molar-refractivity contribution >= 4 is 28.8 Å². The maximum atomic E-state index is 13.2. The third kappa shape index (κ3) is 4.20. The van der Waals surface area contributed by atoms with Crippen molar-refractivity contribution < 1.29 is 23.8 Å². The van der Waals surface area contributed by atoms with Crippen LogP contribution in [0.1, 0.15) is 60.1 Å². The smallest absolute Gasteiger partial charge is 0.296 e. The van der Waals surface area contributed by atoms with Crippen LogP contribution >= 0.6 is 11.3 Å². The first kappa shape index (κ1) is 22.9. The quantitative estimate of drug-likeness (QED) is 0.271. The maximum absolute atomic E-state index is 13.2. The van der Waals surface area contributed by atoms with Gasteiger partial charge < -0.3 is 19.2 Å². The molecule has 0 bridgehead atoms. The third-order valence-corrected chi connectivity index (χ3v) is 6.87. The molecule has 1 aromatic carbocycles. The number of benzene rings is 1. The minimum atomic E-state index is -0.697. The second-order valence-electron chi connectivity index (χ2n) is 8.31. The summed E-state index contributed by atoms with van der Waals surface area (Å²) in [6, 6.07) is 10.1. The predicted molar refractivity (Wildman–Crippen MR) is 127 cm³/mol. The van der Waals surface area contributed by atoms with Gasteiger partial charge in [-0.25, -0.2) is 0 Å². The number of carbonyl (C=O) groups excluding carboxylic acids is 2. The van der Waals surface area contributed by atoms with Gasteiger partial charge in [-0.15, -0.1) is 11.3 Å². The Bertz CT molecular complexity index is 1210. The maximum Gasteiger partial charge on any atom is 0.296 e. The Balaban J connectivity index is 1.86. The molecule has 7 heteroatoms. The van der Waals surface area contributed by atoms with Gasteiger partial charge in [-0.2, -0.15) is 0 Å². The summed E-state index contributed by atoms with van der Waals surface area (Å²) in [5.74, 6) is -0.0705. The lowest BCUT2D eigenvalue weighted by atomic mass is 9.94. The zero-order chi connectivity index (χ0) is 23.7. The average Bonchev–Trinajstić information content (AvgIpc) is 3.51. The van der Waals surface area contributed by atoms with Crippen LogP contribution in [0.15, 0.2) is 58.0 Å². The molecule has 1 amide bonds. The molecule has 3 aromatic rings. The molecule has 3 heterocycles. The van der Waals surface area contributed by atoms with E-state index in [1.165, 1.54) is 22.5 Å². The van der Waals surface area contributed by atoms with E-state index in [-0.39, 0.29) is 23.8 Å². The van der Waals surface area contributed by atoms with E-state index in [0.29, 0.717) is 17.9 Å². The van der Waals surface area contributed by atoms with Crippen LogP contribution in [0.5, 0.6) is 5.75 Å². The summed E-state index contributed by atoms with van der Waals surface area (Å²) < 4.78 is 11.2. The topological polar surface area (TPSA) is 80.0 Å². The molecule has 1 atom stereocenters. The number of rotatable bonds is 7. The molecule has 1 aliphatic rings. The molecule has 1 unspecified atom stereocenters. The van der Waals surface area contributed by atoms with Crippen LogP contribution < -0.4 is 4.74 Å². The van der Waals surface area contributed by atoms with Gasteiger partial charge in [0.1, 0.15) is 23.3 Å². The summed E-state index contributed by atoms with van der Waals surface area (Å²) >= 11 is 1.46. The Kier molecular flexibility index (Phi) is 6.42. The number of hydrogen-bond acceptors (Lipinski definition) is 6. The van der Waals surface area contributed by atoms with Gasteiger partial charge in [-0.05, 0) is 72.7 Å². The Hall–Kier alpha value is -3.32. The second kappa shape index (κ2) is 9.27. The van der Waals surface area contributed by atoms with Crippen molar-refractivity contribution in [2.45, 2.75) is 46.2 Å². The second-order valence-corrected chi connectivity index (χ2v) is 9.26. The highest BCUT2D eigenvalue weighted by Crippen LogP contribution is 2.43. The molecule has 1 aliphatic heterocycles. The summed E-state index contributed by atoms with van der Waals surface area (Å²) in [7, 11) is 0. The number of ether oxygens (including phenoxy) is 1. The molecular weight excluding hydrogens is 438 g/mol. The molecular formula is C26H27NO5S. The third-order valence-electron chi connectivity index (χ3n) is 5.80. The van der Waals surface area contributed by atoms with E-state index in [9.17, 15) is 14.7 Å². The monoisotopic (exact) mass is 465 g/mol. The van der Waals surface area contributed by atoms with Crippen LogP contribution in [0.3, 0.4) is 0 Å². The Morgan fingerprint density at radius 3 is 2.64 bits per heavy atom. The Morgan fingerprint density at radius 1 is 1.24 bits per heavy atom. The number of aliphatic hydroxyl groups excluding tert-OH is 1. The molecule has 1 fully saturated rings. The van der Waals surface area contributed by atoms with E-state index in [1.54, 1.807) is 24.3 Å². The zero-order valence-electron chi connectivity index (χ0n) is 19.1. The molecule has 1 N–H and O–H groups in total. The lowest BCUT2D eigenvalue weighted by Gasteiger charge is -2.24. The first-order valence-corrected chi connectivity index (χ1v) is 11.8. The van der Waals surface area contributed by atoms with Crippen molar-refractivity contribution in [2.24, 2.45) is 0 Å². The van der Waals surface area contributed by atoms with Crippen molar-refractivity contribution in [1.82, 2.24) is 4.90 Å². The molecule has 172 valence electrons. The zero-order valence-corrected chi connectivity index (χ0v) is 19.9. The van der Waals surface area contributed by atoms with E-state index < -0.39 is 17.7 Å². The molecule has 4 rings (SSSR count). The normalized spacial score (nSPS) is 17.8. The molecule has 1 saturated heterocycles. The number of carbonyl (C=O) groups is 2.